The average molecular weight is 160 g/mol. The first-order chi connectivity index (χ1) is 4.77. The van der Waals surface area contributed by atoms with E-state index in [1.807, 2.05) is 0 Å². The summed E-state index contributed by atoms with van der Waals surface area (Å²) < 4.78 is 10.5. The summed E-state index contributed by atoms with van der Waals surface area (Å²) >= 11 is 3.79. The van der Waals surface area contributed by atoms with Crippen LogP contribution in [0.4, 0.5) is 0 Å². The molecule has 0 aliphatic carbocycles. The van der Waals surface area contributed by atoms with E-state index in [1.54, 1.807) is 0 Å². The van der Waals surface area contributed by atoms with E-state index in [2.05, 4.69) is 27.7 Å². The molecule has 1 rings (SSSR count). The molecule has 10 heavy (non-hydrogen) atoms. The van der Waals surface area contributed by atoms with E-state index in [-0.39, 0.29) is 12.2 Å². The molecule has 0 radical (unpaired) electrons. The molecule has 2 nitrogen and oxygen atoms in total. The van der Waals surface area contributed by atoms with Crippen molar-refractivity contribution in [2.75, 3.05) is 0 Å². The third-order valence-electron chi connectivity index (χ3n) is 1.92. The maximum absolute atomic E-state index is 5.54. The van der Waals surface area contributed by atoms with Crippen molar-refractivity contribution in [3.8, 4) is 0 Å². The molecule has 4 heteroatoms. The minimum Gasteiger partial charge on any atom is -0.381 e. The molecule has 58 valence electrons. The highest BCUT2D eigenvalue weighted by atomic mass is 32.1. The van der Waals surface area contributed by atoms with Gasteiger partial charge in [0.1, 0.15) is 7.85 Å². The largest absolute Gasteiger partial charge is 0.381 e. The smallest absolute Gasteiger partial charge is 0.139 e. The van der Waals surface area contributed by atoms with Gasteiger partial charge in [-0.1, -0.05) is 6.92 Å². The SMILES string of the molecule is BC1CC(OS)C(CC)O1. The van der Waals surface area contributed by atoms with Crippen LogP contribution in [0.15, 0.2) is 0 Å². The van der Waals surface area contributed by atoms with Gasteiger partial charge in [-0.25, -0.2) is 0 Å². The highest BCUT2D eigenvalue weighted by Gasteiger charge is 2.31. The quantitative estimate of drug-likeness (QED) is 0.357. The summed E-state index contributed by atoms with van der Waals surface area (Å²) in [5.74, 6) is 0. The van der Waals surface area contributed by atoms with Crippen molar-refractivity contribution in [2.24, 2.45) is 0 Å². The van der Waals surface area contributed by atoms with E-state index in [9.17, 15) is 0 Å². The van der Waals surface area contributed by atoms with Gasteiger partial charge in [-0.3, -0.25) is 0 Å². The van der Waals surface area contributed by atoms with E-state index < -0.39 is 0 Å². The lowest BCUT2D eigenvalue weighted by Gasteiger charge is -2.13. The van der Waals surface area contributed by atoms with E-state index in [0.29, 0.717) is 6.00 Å². The fourth-order valence-corrected chi connectivity index (χ4v) is 1.61. The average Bonchev–Trinajstić information content (AvgIpc) is 2.30. The molecular formula is C6H13BO2S. The van der Waals surface area contributed by atoms with Gasteiger partial charge < -0.3 is 8.92 Å². The highest BCUT2D eigenvalue weighted by Crippen LogP contribution is 2.24. The summed E-state index contributed by atoms with van der Waals surface area (Å²) in [6.07, 6.45) is 2.44. The molecule has 1 aliphatic rings. The van der Waals surface area contributed by atoms with Crippen molar-refractivity contribution in [1.82, 2.24) is 0 Å². The lowest BCUT2D eigenvalue weighted by atomic mass is 9.96. The second-order valence-corrected chi connectivity index (χ2v) is 2.98. The van der Waals surface area contributed by atoms with Gasteiger partial charge in [0.05, 0.1) is 12.2 Å². The summed E-state index contributed by atoms with van der Waals surface area (Å²) in [5.41, 5.74) is 0. The van der Waals surface area contributed by atoms with Gasteiger partial charge in [-0.05, 0) is 25.8 Å². The van der Waals surface area contributed by atoms with Crippen LogP contribution in [-0.2, 0) is 8.92 Å². The van der Waals surface area contributed by atoms with Crippen molar-refractivity contribution >= 4 is 20.8 Å². The Kier molecular flexibility index (Phi) is 3.08. The monoisotopic (exact) mass is 160 g/mol. The van der Waals surface area contributed by atoms with Gasteiger partial charge in [0.2, 0.25) is 0 Å². The molecule has 1 saturated heterocycles. The first-order valence-corrected chi connectivity index (χ1v) is 4.10. The van der Waals surface area contributed by atoms with Crippen LogP contribution in [0.3, 0.4) is 0 Å². The molecule has 1 fully saturated rings. The summed E-state index contributed by atoms with van der Waals surface area (Å²) in [6, 6.07) is 0.335. The van der Waals surface area contributed by atoms with Gasteiger partial charge in [0, 0.05) is 6.00 Å². The molecule has 0 aromatic carbocycles. The van der Waals surface area contributed by atoms with Crippen molar-refractivity contribution in [3.63, 3.8) is 0 Å². The Bertz CT molecular complexity index is 99.9. The Hall–Kier alpha value is 0.335. The third kappa shape index (κ3) is 1.68. The molecule has 3 unspecified atom stereocenters. The number of rotatable bonds is 2. The Morgan fingerprint density at radius 1 is 1.80 bits per heavy atom. The summed E-state index contributed by atoms with van der Waals surface area (Å²) in [7, 11) is 2.06. The highest BCUT2D eigenvalue weighted by molar-refractivity contribution is 7.75. The Morgan fingerprint density at radius 3 is 2.90 bits per heavy atom. The Morgan fingerprint density at radius 2 is 2.50 bits per heavy atom. The summed E-state index contributed by atoms with van der Waals surface area (Å²) in [6.45, 7) is 2.10. The van der Waals surface area contributed by atoms with Crippen LogP contribution in [0.1, 0.15) is 19.8 Å². The fourth-order valence-electron chi connectivity index (χ4n) is 1.39. The van der Waals surface area contributed by atoms with Gasteiger partial charge >= 0.3 is 0 Å². The van der Waals surface area contributed by atoms with E-state index in [0.717, 1.165) is 12.8 Å². The zero-order valence-corrected chi connectivity index (χ0v) is 7.30. The standard InChI is InChI=1S/C6H13BO2S/c1-2-4-5(9-10)3-6(7)8-4/h4-6,10H,2-3,7H2,1H3. The molecule has 0 saturated carbocycles. The maximum atomic E-state index is 5.54. The summed E-state index contributed by atoms with van der Waals surface area (Å²) in [5, 5.41) is 0. The molecule has 0 bridgehead atoms. The van der Waals surface area contributed by atoms with Crippen LogP contribution in [0.2, 0.25) is 0 Å². The molecular weight excluding hydrogens is 147 g/mol. The molecule has 0 amide bonds. The van der Waals surface area contributed by atoms with Crippen LogP contribution in [0.25, 0.3) is 0 Å². The lowest BCUT2D eigenvalue weighted by molar-refractivity contribution is 0.0475. The zero-order valence-electron chi connectivity index (χ0n) is 6.41. The van der Waals surface area contributed by atoms with Crippen molar-refractivity contribution in [2.45, 2.75) is 38.0 Å². The Balaban J connectivity index is 2.41. The van der Waals surface area contributed by atoms with Gasteiger partial charge in [-0.2, -0.15) is 0 Å². The third-order valence-corrected chi connectivity index (χ3v) is 2.19. The number of hydrogen-bond donors (Lipinski definition) is 1. The predicted octanol–water partition coefficient (Wildman–Crippen LogP) is 0.374. The summed E-state index contributed by atoms with van der Waals surface area (Å²) in [4.78, 5) is 0. The second kappa shape index (κ2) is 3.65. The van der Waals surface area contributed by atoms with Crippen LogP contribution in [-0.4, -0.2) is 26.1 Å². The molecule has 3 atom stereocenters. The van der Waals surface area contributed by atoms with E-state index >= 15 is 0 Å². The number of ether oxygens (including phenoxy) is 1. The lowest BCUT2D eigenvalue weighted by Crippen LogP contribution is -2.20. The number of hydrogen-bond acceptors (Lipinski definition) is 3. The van der Waals surface area contributed by atoms with Crippen molar-refractivity contribution in [3.05, 3.63) is 0 Å². The van der Waals surface area contributed by atoms with Crippen molar-refractivity contribution < 1.29 is 8.92 Å². The van der Waals surface area contributed by atoms with Crippen LogP contribution in [0.5, 0.6) is 0 Å². The molecule has 1 aliphatic heterocycles. The molecule has 1 heterocycles. The Labute approximate surface area is 68.3 Å². The van der Waals surface area contributed by atoms with Crippen molar-refractivity contribution in [1.29, 1.82) is 0 Å². The molecule has 0 aromatic heterocycles. The zero-order chi connectivity index (χ0) is 7.56. The minimum atomic E-state index is 0.198. The van der Waals surface area contributed by atoms with Gasteiger partial charge in [0.25, 0.3) is 0 Å². The topological polar surface area (TPSA) is 18.5 Å². The minimum absolute atomic E-state index is 0.198. The van der Waals surface area contributed by atoms with E-state index in [1.165, 1.54) is 0 Å². The van der Waals surface area contributed by atoms with Gasteiger partial charge in [0.15, 0.2) is 0 Å². The van der Waals surface area contributed by atoms with Crippen LogP contribution in [0, 0.1) is 0 Å². The van der Waals surface area contributed by atoms with Crippen LogP contribution >= 0.6 is 12.9 Å². The van der Waals surface area contributed by atoms with Gasteiger partial charge in [-0.15, -0.1) is 0 Å². The first kappa shape index (κ1) is 8.43. The van der Waals surface area contributed by atoms with E-state index in [4.69, 9.17) is 8.92 Å². The first-order valence-electron chi connectivity index (χ1n) is 3.73. The fraction of sp³-hybridized carbons (Fsp3) is 1.00. The maximum Gasteiger partial charge on any atom is 0.139 e. The predicted molar refractivity (Wildman–Crippen MR) is 46.0 cm³/mol. The molecule has 0 N–H and O–H groups in total. The number of thiol groups is 1. The van der Waals surface area contributed by atoms with Crippen LogP contribution < -0.4 is 0 Å². The second-order valence-electron chi connectivity index (χ2n) is 2.77. The molecule has 0 spiro atoms. The normalized spacial score (nSPS) is 40.4. The molecule has 0 aromatic rings.